The molecule has 1 aromatic carbocycles. The zero-order chi connectivity index (χ0) is 12.8. The highest BCUT2D eigenvalue weighted by molar-refractivity contribution is 9.24. The summed E-state index contributed by atoms with van der Waals surface area (Å²) in [5, 5.41) is 11.3. The summed E-state index contributed by atoms with van der Waals surface area (Å²) in [6, 6.07) is 8.15. The molecule has 0 saturated heterocycles. The number of alkyl halides is 2. The number of rotatable bonds is 5. The molecule has 0 fully saturated rings. The van der Waals surface area contributed by atoms with Crippen LogP contribution in [0.5, 0.6) is 0 Å². The number of nitrogens with one attached hydrogen (secondary N) is 1. The van der Waals surface area contributed by atoms with Crippen LogP contribution < -0.4 is 5.32 Å². The Labute approximate surface area is 116 Å². The number of benzene rings is 1. The quantitative estimate of drug-likeness (QED) is 0.784. The molecule has 4 nitrogen and oxygen atoms in total. The SMILES string of the molecule is O=C(Cc1ccccc1)NC(C(=O)O)C(Br)Br. The highest BCUT2D eigenvalue weighted by Gasteiger charge is 2.25. The Morgan fingerprint density at radius 2 is 1.82 bits per heavy atom. The fourth-order valence-electron chi connectivity index (χ4n) is 1.24. The van der Waals surface area contributed by atoms with E-state index in [2.05, 4.69) is 37.2 Å². The van der Waals surface area contributed by atoms with Crippen LogP contribution in [0.15, 0.2) is 30.3 Å². The van der Waals surface area contributed by atoms with E-state index in [1.54, 1.807) is 0 Å². The number of aliphatic carboxylic acids is 1. The predicted octanol–water partition coefficient (Wildman–Crippen LogP) is 1.91. The van der Waals surface area contributed by atoms with Crippen molar-refractivity contribution in [1.82, 2.24) is 5.32 Å². The van der Waals surface area contributed by atoms with E-state index in [-0.39, 0.29) is 12.3 Å². The third-order valence-electron chi connectivity index (χ3n) is 2.04. The third kappa shape index (κ3) is 4.87. The normalized spacial score (nSPS) is 12.2. The summed E-state index contributed by atoms with van der Waals surface area (Å²) < 4.78 is -0.507. The minimum Gasteiger partial charge on any atom is -0.480 e. The summed E-state index contributed by atoms with van der Waals surface area (Å²) in [4.78, 5) is 22.5. The van der Waals surface area contributed by atoms with Gasteiger partial charge in [0.2, 0.25) is 5.91 Å². The van der Waals surface area contributed by atoms with Crippen LogP contribution in [0.1, 0.15) is 5.56 Å². The van der Waals surface area contributed by atoms with Crippen LogP contribution in [0, 0.1) is 0 Å². The lowest BCUT2D eigenvalue weighted by Gasteiger charge is -2.15. The maximum absolute atomic E-state index is 11.6. The molecule has 1 amide bonds. The van der Waals surface area contributed by atoms with Crippen molar-refractivity contribution in [2.75, 3.05) is 0 Å². The van der Waals surface area contributed by atoms with Gasteiger partial charge in [-0.2, -0.15) is 0 Å². The van der Waals surface area contributed by atoms with Crippen LogP contribution in [0.3, 0.4) is 0 Å². The van der Waals surface area contributed by atoms with Gasteiger partial charge in [-0.3, -0.25) is 4.79 Å². The molecule has 6 heteroatoms. The first-order valence-electron chi connectivity index (χ1n) is 4.85. The molecule has 92 valence electrons. The Hall–Kier alpha value is -0.880. The summed E-state index contributed by atoms with van der Waals surface area (Å²) in [6.07, 6.45) is 0.164. The number of carboxylic acid groups (broad SMARTS) is 1. The Bertz CT molecular complexity index is 395. The van der Waals surface area contributed by atoms with Crippen LogP contribution >= 0.6 is 31.9 Å². The number of halogens is 2. The number of carbonyl (C=O) groups is 2. The second-order valence-electron chi connectivity index (χ2n) is 3.38. The maximum Gasteiger partial charge on any atom is 0.328 e. The second kappa shape index (κ2) is 6.76. The van der Waals surface area contributed by atoms with E-state index >= 15 is 0 Å². The van der Waals surface area contributed by atoms with Crippen molar-refractivity contribution in [3.63, 3.8) is 0 Å². The summed E-state index contributed by atoms with van der Waals surface area (Å²) in [5.41, 5.74) is 0.842. The molecular formula is C11H11Br2NO3. The first-order chi connectivity index (χ1) is 8.00. The van der Waals surface area contributed by atoms with E-state index in [1.807, 2.05) is 30.3 Å². The monoisotopic (exact) mass is 363 g/mol. The lowest BCUT2D eigenvalue weighted by molar-refractivity contribution is -0.141. The van der Waals surface area contributed by atoms with Gasteiger partial charge >= 0.3 is 5.97 Å². The minimum atomic E-state index is -1.09. The first-order valence-corrected chi connectivity index (χ1v) is 6.68. The van der Waals surface area contributed by atoms with E-state index < -0.39 is 15.7 Å². The molecule has 0 aromatic heterocycles. The second-order valence-corrected chi connectivity index (χ2v) is 6.58. The highest BCUT2D eigenvalue weighted by Crippen LogP contribution is 2.13. The standard InChI is InChI=1S/C11H11Br2NO3/c12-10(13)9(11(16)17)14-8(15)6-7-4-2-1-3-5-7/h1-5,9-10H,6H2,(H,14,15)(H,16,17). The predicted molar refractivity (Wildman–Crippen MR) is 71.4 cm³/mol. The van der Waals surface area contributed by atoms with Crippen molar-refractivity contribution < 1.29 is 14.7 Å². The van der Waals surface area contributed by atoms with E-state index in [0.29, 0.717) is 0 Å². The molecule has 17 heavy (non-hydrogen) atoms. The van der Waals surface area contributed by atoms with Crippen LogP contribution in [-0.4, -0.2) is 26.8 Å². The van der Waals surface area contributed by atoms with Crippen LogP contribution in [0.2, 0.25) is 0 Å². The number of hydrogen-bond acceptors (Lipinski definition) is 2. The van der Waals surface area contributed by atoms with Gasteiger partial charge in [0.25, 0.3) is 0 Å². The molecule has 0 aliphatic carbocycles. The molecule has 1 unspecified atom stereocenters. The Morgan fingerprint density at radius 3 is 2.29 bits per heavy atom. The molecule has 0 aliphatic rings. The number of amides is 1. The lowest BCUT2D eigenvalue weighted by Crippen LogP contribution is -2.45. The topological polar surface area (TPSA) is 66.4 Å². The third-order valence-corrected chi connectivity index (χ3v) is 3.10. The molecule has 0 aliphatic heterocycles. The van der Waals surface area contributed by atoms with Gasteiger partial charge in [0.15, 0.2) is 0 Å². The molecule has 2 N–H and O–H groups in total. The van der Waals surface area contributed by atoms with Gasteiger partial charge in [-0.1, -0.05) is 62.2 Å². The number of hydrogen-bond donors (Lipinski definition) is 2. The van der Waals surface area contributed by atoms with Crippen molar-refractivity contribution in [2.45, 2.75) is 16.2 Å². The van der Waals surface area contributed by atoms with Crippen molar-refractivity contribution in [2.24, 2.45) is 0 Å². The molecule has 0 heterocycles. The van der Waals surface area contributed by atoms with E-state index in [9.17, 15) is 9.59 Å². The molecular weight excluding hydrogens is 354 g/mol. The van der Waals surface area contributed by atoms with Gasteiger partial charge in [-0.05, 0) is 5.56 Å². The Kier molecular flexibility index (Phi) is 5.64. The minimum absolute atomic E-state index is 0.164. The fourth-order valence-corrected chi connectivity index (χ4v) is 1.95. The highest BCUT2D eigenvalue weighted by atomic mass is 79.9. The van der Waals surface area contributed by atoms with Gasteiger partial charge in [0, 0.05) is 0 Å². The van der Waals surface area contributed by atoms with Crippen LogP contribution in [0.4, 0.5) is 0 Å². The van der Waals surface area contributed by atoms with Crippen molar-refractivity contribution in [3.8, 4) is 0 Å². The fraction of sp³-hybridized carbons (Fsp3) is 0.273. The van der Waals surface area contributed by atoms with Gasteiger partial charge < -0.3 is 10.4 Å². The smallest absolute Gasteiger partial charge is 0.328 e. The largest absolute Gasteiger partial charge is 0.480 e. The van der Waals surface area contributed by atoms with E-state index in [0.717, 1.165) is 5.56 Å². The maximum atomic E-state index is 11.6. The van der Waals surface area contributed by atoms with Gasteiger partial charge in [0.05, 0.1) is 6.42 Å². The average Bonchev–Trinajstić information content (AvgIpc) is 2.26. The zero-order valence-corrected chi connectivity index (χ0v) is 11.9. The molecule has 0 radical (unpaired) electrons. The lowest BCUT2D eigenvalue weighted by atomic mass is 10.1. The van der Waals surface area contributed by atoms with Crippen molar-refractivity contribution in [1.29, 1.82) is 0 Å². The first kappa shape index (κ1) is 14.2. The number of carbonyl (C=O) groups excluding carboxylic acids is 1. The molecule has 1 rings (SSSR count). The van der Waals surface area contributed by atoms with Crippen molar-refractivity contribution >= 4 is 43.7 Å². The summed E-state index contributed by atoms with van der Waals surface area (Å²) in [7, 11) is 0. The average molecular weight is 365 g/mol. The van der Waals surface area contributed by atoms with Crippen LogP contribution in [0.25, 0.3) is 0 Å². The Balaban J connectivity index is 2.57. The summed E-state index contributed by atoms with van der Waals surface area (Å²) in [6.45, 7) is 0. The summed E-state index contributed by atoms with van der Waals surface area (Å²) in [5.74, 6) is -1.42. The molecule has 0 saturated carbocycles. The molecule has 0 spiro atoms. The van der Waals surface area contributed by atoms with E-state index in [1.165, 1.54) is 0 Å². The van der Waals surface area contributed by atoms with Gasteiger partial charge in [-0.15, -0.1) is 0 Å². The Morgan fingerprint density at radius 1 is 1.24 bits per heavy atom. The number of carboxylic acids is 1. The van der Waals surface area contributed by atoms with Crippen molar-refractivity contribution in [3.05, 3.63) is 35.9 Å². The van der Waals surface area contributed by atoms with E-state index in [4.69, 9.17) is 5.11 Å². The van der Waals surface area contributed by atoms with Crippen LogP contribution in [-0.2, 0) is 16.0 Å². The van der Waals surface area contributed by atoms with Gasteiger partial charge in [0.1, 0.15) is 9.78 Å². The molecule has 1 atom stereocenters. The summed E-state index contributed by atoms with van der Waals surface area (Å²) >= 11 is 6.15. The molecule has 0 bridgehead atoms. The zero-order valence-electron chi connectivity index (χ0n) is 8.77. The van der Waals surface area contributed by atoms with Gasteiger partial charge in [-0.25, -0.2) is 4.79 Å². The molecule has 1 aromatic rings.